The van der Waals surface area contributed by atoms with Crippen molar-refractivity contribution in [2.45, 2.75) is 32.8 Å². The summed E-state index contributed by atoms with van der Waals surface area (Å²) in [6, 6.07) is 3.69. The number of amides is 3. The third-order valence-corrected chi connectivity index (χ3v) is 3.60. The number of carbonyl (C=O) groups is 2. The van der Waals surface area contributed by atoms with E-state index in [2.05, 4.69) is 10.6 Å². The molecule has 6 nitrogen and oxygen atoms in total. The van der Waals surface area contributed by atoms with E-state index in [4.69, 9.17) is 4.74 Å². The van der Waals surface area contributed by atoms with Crippen LogP contribution in [0.25, 0.3) is 0 Å². The number of piperidine rings is 1. The third-order valence-electron chi connectivity index (χ3n) is 3.60. The van der Waals surface area contributed by atoms with Crippen LogP contribution < -0.4 is 10.6 Å². The zero-order valence-electron chi connectivity index (χ0n) is 13.4. The molecule has 0 aliphatic carbocycles. The van der Waals surface area contributed by atoms with Crippen molar-refractivity contribution in [1.82, 2.24) is 4.90 Å². The number of rotatable bonds is 4. The van der Waals surface area contributed by atoms with Crippen molar-refractivity contribution in [3.8, 4) is 0 Å². The van der Waals surface area contributed by atoms with Crippen LogP contribution in [0, 0.1) is 5.82 Å². The molecule has 0 radical (unpaired) electrons. The molecule has 1 aromatic rings. The van der Waals surface area contributed by atoms with E-state index in [9.17, 15) is 14.0 Å². The maximum atomic E-state index is 13.9. The molecule has 1 aliphatic heterocycles. The van der Waals surface area contributed by atoms with Crippen molar-refractivity contribution in [3.63, 3.8) is 0 Å². The minimum absolute atomic E-state index is 0.0232. The highest BCUT2D eigenvalue weighted by molar-refractivity contribution is 5.92. The van der Waals surface area contributed by atoms with Crippen molar-refractivity contribution in [3.05, 3.63) is 24.0 Å². The van der Waals surface area contributed by atoms with Crippen LogP contribution in [0.5, 0.6) is 0 Å². The fourth-order valence-electron chi connectivity index (χ4n) is 2.59. The number of nitrogens with one attached hydrogen (secondary N) is 2. The standard InChI is InChI=1S/C16H22FN3O3/c1-3-23-13-5-4-8-20(10-13)16(22)19-15-9-12(18-11(2)21)6-7-14(15)17/h6-7,9,13H,3-5,8,10H2,1-2H3,(H,18,21)(H,19,22)/t13-/m0/s1. The summed E-state index contributed by atoms with van der Waals surface area (Å²) in [5.74, 6) is -0.810. The Bertz CT molecular complexity index is 578. The smallest absolute Gasteiger partial charge is 0.322 e. The molecule has 1 fully saturated rings. The van der Waals surface area contributed by atoms with Crippen LogP contribution in [0.3, 0.4) is 0 Å². The highest BCUT2D eigenvalue weighted by Gasteiger charge is 2.24. The number of benzene rings is 1. The molecule has 0 unspecified atom stereocenters. The number of urea groups is 1. The lowest BCUT2D eigenvalue weighted by Crippen LogP contribution is -2.45. The molecule has 0 bridgehead atoms. The van der Waals surface area contributed by atoms with Gasteiger partial charge in [-0.1, -0.05) is 0 Å². The lowest BCUT2D eigenvalue weighted by Gasteiger charge is -2.32. The van der Waals surface area contributed by atoms with E-state index in [0.717, 1.165) is 12.8 Å². The van der Waals surface area contributed by atoms with Crippen LogP contribution in [0.2, 0.25) is 0 Å². The predicted molar refractivity (Wildman–Crippen MR) is 85.9 cm³/mol. The molecule has 1 atom stereocenters. The Balaban J connectivity index is 2.03. The van der Waals surface area contributed by atoms with Gasteiger partial charge in [-0.25, -0.2) is 9.18 Å². The first-order valence-electron chi connectivity index (χ1n) is 7.74. The summed E-state index contributed by atoms with van der Waals surface area (Å²) in [5, 5.41) is 5.12. The molecule has 1 saturated heterocycles. The fraction of sp³-hybridized carbons (Fsp3) is 0.500. The van der Waals surface area contributed by atoms with Gasteiger partial charge in [-0.05, 0) is 38.0 Å². The Morgan fingerprint density at radius 3 is 2.87 bits per heavy atom. The average Bonchev–Trinajstić information content (AvgIpc) is 2.50. The van der Waals surface area contributed by atoms with Crippen LogP contribution in [0.1, 0.15) is 26.7 Å². The number of hydrogen-bond donors (Lipinski definition) is 2. The molecule has 1 heterocycles. The summed E-state index contributed by atoms with van der Waals surface area (Å²) in [7, 11) is 0. The Morgan fingerprint density at radius 1 is 1.39 bits per heavy atom. The maximum Gasteiger partial charge on any atom is 0.322 e. The van der Waals surface area contributed by atoms with E-state index in [1.54, 1.807) is 4.90 Å². The normalized spacial score (nSPS) is 17.7. The molecule has 1 aliphatic rings. The zero-order valence-corrected chi connectivity index (χ0v) is 13.4. The zero-order chi connectivity index (χ0) is 16.8. The lowest BCUT2D eigenvalue weighted by atomic mass is 10.1. The maximum absolute atomic E-state index is 13.9. The van der Waals surface area contributed by atoms with Gasteiger partial charge in [0.1, 0.15) is 5.82 Å². The molecule has 126 valence electrons. The van der Waals surface area contributed by atoms with E-state index in [1.807, 2.05) is 6.92 Å². The number of ether oxygens (including phenoxy) is 1. The number of anilines is 2. The molecular formula is C16H22FN3O3. The van der Waals surface area contributed by atoms with Crippen molar-refractivity contribution in [2.75, 3.05) is 30.3 Å². The third kappa shape index (κ3) is 4.92. The fourth-order valence-corrected chi connectivity index (χ4v) is 2.59. The lowest BCUT2D eigenvalue weighted by molar-refractivity contribution is -0.114. The van der Waals surface area contributed by atoms with Crippen LogP contribution >= 0.6 is 0 Å². The second kappa shape index (κ2) is 7.92. The van der Waals surface area contributed by atoms with E-state index < -0.39 is 5.82 Å². The van der Waals surface area contributed by atoms with Gasteiger partial charge >= 0.3 is 6.03 Å². The first-order chi connectivity index (χ1) is 11.0. The van der Waals surface area contributed by atoms with Crippen LogP contribution in [-0.2, 0) is 9.53 Å². The highest BCUT2D eigenvalue weighted by Crippen LogP contribution is 2.21. The van der Waals surface area contributed by atoms with E-state index in [-0.39, 0.29) is 23.7 Å². The van der Waals surface area contributed by atoms with Gasteiger partial charge in [-0.15, -0.1) is 0 Å². The van der Waals surface area contributed by atoms with Gasteiger partial charge in [0.25, 0.3) is 0 Å². The number of halogens is 1. The Labute approximate surface area is 135 Å². The summed E-state index contributed by atoms with van der Waals surface area (Å²) < 4.78 is 19.4. The number of nitrogens with zero attached hydrogens (tertiary/aromatic N) is 1. The summed E-state index contributed by atoms with van der Waals surface area (Å²) in [5.41, 5.74) is 0.472. The second-order valence-corrected chi connectivity index (χ2v) is 5.47. The monoisotopic (exact) mass is 323 g/mol. The molecule has 2 rings (SSSR count). The average molecular weight is 323 g/mol. The number of likely N-dealkylation sites (tertiary alicyclic amines) is 1. The van der Waals surface area contributed by atoms with Gasteiger partial charge < -0.3 is 20.3 Å². The Hall–Kier alpha value is -2.15. The van der Waals surface area contributed by atoms with Crippen molar-refractivity contribution < 1.29 is 18.7 Å². The molecule has 3 amide bonds. The van der Waals surface area contributed by atoms with Gasteiger partial charge in [0.05, 0.1) is 11.8 Å². The molecule has 0 aromatic heterocycles. The summed E-state index contributed by atoms with van der Waals surface area (Å²) >= 11 is 0. The first kappa shape index (κ1) is 17.2. The van der Waals surface area contributed by atoms with Gasteiger partial charge in [-0.3, -0.25) is 4.79 Å². The van der Waals surface area contributed by atoms with Gasteiger partial charge in [0.2, 0.25) is 5.91 Å². The van der Waals surface area contributed by atoms with E-state index in [0.29, 0.717) is 25.4 Å². The number of carbonyl (C=O) groups excluding carboxylic acids is 2. The molecule has 7 heteroatoms. The molecule has 23 heavy (non-hydrogen) atoms. The molecular weight excluding hydrogens is 301 g/mol. The first-order valence-corrected chi connectivity index (χ1v) is 7.74. The van der Waals surface area contributed by atoms with Crippen molar-refractivity contribution in [2.24, 2.45) is 0 Å². The summed E-state index contributed by atoms with van der Waals surface area (Å²) in [4.78, 5) is 25.0. The van der Waals surface area contributed by atoms with Crippen molar-refractivity contribution >= 4 is 23.3 Å². The molecule has 0 saturated carbocycles. The summed E-state index contributed by atoms with van der Waals surface area (Å²) in [6.45, 7) is 4.99. The largest absolute Gasteiger partial charge is 0.377 e. The predicted octanol–water partition coefficient (Wildman–Crippen LogP) is 2.82. The minimum atomic E-state index is -0.550. The molecule has 0 spiro atoms. The highest BCUT2D eigenvalue weighted by atomic mass is 19.1. The van der Waals surface area contributed by atoms with Crippen LogP contribution in [0.4, 0.5) is 20.6 Å². The van der Waals surface area contributed by atoms with E-state index in [1.165, 1.54) is 25.1 Å². The molecule has 2 N–H and O–H groups in total. The van der Waals surface area contributed by atoms with Gasteiger partial charge in [0, 0.05) is 32.3 Å². The van der Waals surface area contributed by atoms with Gasteiger partial charge in [0.15, 0.2) is 0 Å². The number of hydrogen-bond acceptors (Lipinski definition) is 3. The molecule has 1 aromatic carbocycles. The topological polar surface area (TPSA) is 70.7 Å². The van der Waals surface area contributed by atoms with Gasteiger partial charge in [-0.2, -0.15) is 0 Å². The Morgan fingerprint density at radius 2 is 2.17 bits per heavy atom. The quantitative estimate of drug-likeness (QED) is 0.895. The SMILES string of the molecule is CCO[C@H]1CCCN(C(=O)Nc2cc(NC(C)=O)ccc2F)C1. The summed E-state index contributed by atoms with van der Waals surface area (Å²) in [6.07, 6.45) is 1.80. The second-order valence-electron chi connectivity index (χ2n) is 5.47. The Kier molecular flexibility index (Phi) is 5.92. The van der Waals surface area contributed by atoms with Crippen LogP contribution in [0.15, 0.2) is 18.2 Å². The minimum Gasteiger partial charge on any atom is -0.377 e. The van der Waals surface area contributed by atoms with Crippen LogP contribution in [-0.4, -0.2) is 42.6 Å². The van der Waals surface area contributed by atoms with E-state index >= 15 is 0 Å². The van der Waals surface area contributed by atoms with Crippen molar-refractivity contribution in [1.29, 1.82) is 0 Å².